The molecule has 3 nitrogen and oxygen atoms in total. The zero-order valence-corrected chi connectivity index (χ0v) is 6.72. The number of carbonyl (C=O) groups excluding carboxylic acids is 1. The summed E-state index contributed by atoms with van der Waals surface area (Å²) in [4.78, 5) is 10.2. The van der Waals surface area contributed by atoms with E-state index in [1.807, 2.05) is 0 Å². The van der Waals surface area contributed by atoms with Crippen LogP contribution in [0.4, 0.5) is 0 Å². The maximum Gasteiger partial charge on any atom is 0.319 e. The summed E-state index contributed by atoms with van der Waals surface area (Å²) in [6.07, 6.45) is 0.396. The van der Waals surface area contributed by atoms with E-state index in [1.54, 1.807) is 0 Å². The molecule has 0 aromatic heterocycles. The summed E-state index contributed by atoms with van der Waals surface area (Å²) in [7, 11) is 1.31. The number of methoxy groups -OCH3 is 1. The molecular weight excluding hydrogens is 188 g/mol. The Morgan fingerprint density at radius 2 is 2.44 bits per heavy atom. The number of carbonyl (C=O) groups is 1. The van der Waals surface area contributed by atoms with E-state index >= 15 is 0 Å². The van der Waals surface area contributed by atoms with E-state index in [9.17, 15) is 4.79 Å². The van der Waals surface area contributed by atoms with Gasteiger partial charge in [-0.3, -0.25) is 4.79 Å². The van der Waals surface area contributed by atoms with Crippen molar-refractivity contribution in [2.45, 2.75) is 11.2 Å². The van der Waals surface area contributed by atoms with Gasteiger partial charge in [0.1, 0.15) is 4.83 Å². The molecule has 0 aliphatic rings. The summed E-state index contributed by atoms with van der Waals surface area (Å²) in [5, 5.41) is 8.34. The minimum absolute atomic E-state index is 0.00891. The highest BCUT2D eigenvalue weighted by atomic mass is 79.9. The highest BCUT2D eigenvalue weighted by molar-refractivity contribution is 9.10. The maximum absolute atomic E-state index is 10.5. The quantitative estimate of drug-likeness (QED) is 0.523. The minimum Gasteiger partial charge on any atom is -0.468 e. The standard InChI is InChI=1S/C5H9BrO3/c1-9-5(8)4(6)2-3-7/h4,7H,2-3H2,1H3/t4-/m1/s1. The van der Waals surface area contributed by atoms with Gasteiger partial charge in [-0.25, -0.2) is 0 Å². The Labute approximate surface area is 62.1 Å². The molecular formula is C5H9BrO3. The Morgan fingerprint density at radius 1 is 1.89 bits per heavy atom. The van der Waals surface area contributed by atoms with Crippen molar-refractivity contribution in [1.82, 2.24) is 0 Å². The summed E-state index contributed by atoms with van der Waals surface area (Å²) in [6, 6.07) is 0. The third-order valence-electron chi connectivity index (χ3n) is 0.839. The molecule has 1 atom stereocenters. The van der Waals surface area contributed by atoms with Crippen LogP contribution in [0.15, 0.2) is 0 Å². The molecule has 0 aliphatic carbocycles. The third kappa shape index (κ3) is 3.48. The van der Waals surface area contributed by atoms with E-state index in [0.29, 0.717) is 6.42 Å². The van der Waals surface area contributed by atoms with E-state index in [0.717, 1.165) is 0 Å². The first-order valence-electron chi connectivity index (χ1n) is 2.55. The molecule has 4 heteroatoms. The number of esters is 1. The lowest BCUT2D eigenvalue weighted by Gasteiger charge is -2.02. The molecule has 0 saturated carbocycles. The van der Waals surface area contributed by atoms with Crippen LogP contribution in [-0.4, -0.2) is 29.6 Å². The fourth-order valence-electron chi connectivity index (χ4n) is 0.359. The van der Waals surface area contributed by atoms with Crippen molar-refractivity contribution in [3.8, 4) is 0 Å². The highest BCUT2D eigenvalue weighted by Crippen LogP contribution is 2.05. The van der Waals surface area contributed by atoms with Gasteiger partial charge in [-0.05, 0) is 6.42 Å². The summed E-state index contributed by atoms with van der Waals surface area (Å²) < 4.78 is 4.37. The van der Waals surface area contributed by atoms with Gasteiger partial charge in [-0.2, -0.15) is 0 Å². The van der Waals surface area contributed by atoms with E-state index in [2.05, 4.69) is 20.7 Å². The number of aliphatic hydroxyl groups excluding tert-OH is 1. The van der Waals surface area contributed by atoms with Gasteiger partial charge < -0.3 is 9.84 Å². The first-order chi connectivity index (χ1) is 4.22. The number of aliphatic hydroxyl groups is 1. The van der Waals surface area contributed by atoms with Crippen LogP contribution in [-0.2, 0) is 9.53 Å². The normalized spacial score (nSPS) is 12.8. The van der Waals surface area contributed by atoms with Crippen LogP contribution in [0, 0.1) is 0 Å². The summed E-state index contributed by atoms with van der Waals surface area (Å²) in [5.41, 5.74) is 0. The lowest BCUT2D eigenvalue weighted by molar-refractivity contribution is -0.140. The van der Waals surface area contributed by atoms with Crippen molar-refractivity contribution in [2.24, 2.45) is 0 Å². The Balaban J connectivity index is 3.45. The molecule has 0 saturated heterocycles. The number of rotatable bonds is 3. The smallest absolute Gasteiger partial charge is 0.319 e. The molecule has 1 N–H and O–H groups in total. The van der Waals surface area contributed by atoms with Gasteiger partial charge >= 0.3 is 5.97 Å². The summed E-state index contributed by atoms with van der Waals surface area (Å²) in [6.45, 7) is -0.00891. The molecule has 0 bridgehead atoms. The summed E-state index contributed by atoms with van der Waals surface area (Å²) >= 11 is 3.03. The molecule has 0 heterocycles. The Morgan fingerprint density at radius 3 is 2.78 bits per heavy atom. The second kappa shape index (κ2) is 4.76. The average Bonchev–Trinajstić information content (AvgIpc) is 1.87. The molecule has 0 spiro atoms. The van der Waals surface area contributed by atoms with Gasteiger partial charge in [0.05, 0.1) is 7.11 Å². The molecule has 0 unspecified atom stereocenters. The van der Waals surface area contributed by atoms with Crippen LogP contribution in [0.5, 0.6) is 0 Å². The molecule has 0 fully saturated rings. The molecule has 0 aromatic rings. The van der Waals surface area contributed by atoms with Crippen molar-refractivity contribution in [2.75, 3.05) is 13.7 Å². The molecule has 54 valence electrons. The molecule has 0 aliphatic heterocycles. The highest BCUT2D eigenvalue weighted by Gasteiger charge is 2.12. The van der Waals surface area contributed by atoms with Crippen molar-refractivity contribution < 1.29 is 14.6 Å². The average molecular weight is 197 g/mol. The zero-order valence-electron chi connectivity index (χ0n) is 5.13. The first kappa shape index (κ1) is 8.91. The number of alkyl halides is 1. The van der Waals surface area contributed by atoms with Gasteiger partial charge in [0.25, 0.3) is 0 Å². The van der Waals surface area contributed by atoms with Crippen molar-refractivity contribution in [3.63, 3.8) is 0 Å². The van der Waals surface area contributed by atoms with Crippen molar-refractivity contribution in [1.29, 1.82) is 0 Å². The monoisotopic (exact) mass is 196 g/mol. The maximum atomic E-state index is 10.5. The van der Waals surface area contributed by atoms with E-state index in [4.69, 9.17) is 5.11 Å². The van der Waals surface area contributed by atoms with Gasteiger partial charge in [-0.1, -0.05) is 15.9 Å². The zero-order chi connectivity index (χ0) is 7.28. The van der Waals surface area contributed by atoms with Crippen LogP contribution in [0.25, 0.3) is 0 Å². The largest absolute Gasteiger partial charge is 0.468 e. The van der Waals surface area contributed by atoms with Crippen molar-refractivity contribution in [3.05, 3.63) is 0 Å². The molecule has 0 amide bonds. The fourth-order valence-corrected chi connectivity index (χ4v) is 0.751. The Kier molecular flexibility index (Phi) is 4.71. The van der Waals surface area contributed by atoms with Crippen LogP contribution in [0.3, 0.4) is 0 Å². The second-order valence-corrected chi connectivity index (χ2v) is 2.61. The minimum atomic E-state index is -0.368. The van der Waals surface area contributed by atoms with Crippen LogP contribution in [0.1, 0.15) is 6.42 Å². The van der Waals surface area contributed by atoms with Crippen molar-refractivity contribution >= 4 is 21.9 Å². The van der Waals surface area contributed by atoms with E-state index in [1.165, 1.54) is 7.11 Å². The van der Waals surface area contributed by atoms with Crippen LogP contribution < -0.4 is 0 Å². The number of hydrogen-bond acceptors (Lipinski definition) is 3. The number of ether oxygens (including phenoxy) is 1. The Hall–Kier alpha value is -0.0900. The lowest BCUT2D eigenvalue weighted by atomic mass is 10.3. The predicted octanol–water partition coefficient (Wildman–Crippen LogP) is 0.305. The third-order valence-corrected chi connectivity index (χ3v) is 1.67. The van der Waals surface area contributed by atoms with Crippen LogP contribution >= 0.6 is 15.9 Å². The predicted molar refractivity (Wildman–Crippen MR) is 36.4 cm³/mol. The lowest BCUT2D eigenvalue weighted by Crippen LogP contribution is -2.16. The second-order valence-electron chi connectivity index (χ2n) is 1.50. The number of hydrogen-bond donors (Lipinski definition) is 1. The molecule has 0 aromatic carbocycles. The molecule has 0 radical (unpaired) electrons. The van der Waals surface area contributed by atoms with Gasteiger partial charge in [0.2, 0.25) is 0 Å². The van der Waals surface area contributed by atoms with Gasteiger partial charge in [-0.15, -0.1) is 0 Å². The van der Waals surface area contributed by atoms with Gasteiger partial charge in [0.15, 0.2) is 0 Å². The SMILES string of the molecule is COC(=O)[C@H](Br)CCO. The Bertz CT molecular complexity index is 94.2. The fraction of sp³-hybridized carbons (Fsp3) is 0.800. The van der Waals surface area contributed by atoms with Crippen LogP contribution in [0.2, 0.25) is 0 Å². The van der Waals surface area contributed by atoms with E-state index in [-0.39, 0.29) is 17.4 Å². The summed E-state index contributed by atoms with van der Waals surface area (Å²) in [5.74, 6) is -0.343. The first-order valence-corrected chi connectivity index (χ1v) is 3.46. The van der Waals surface area contributed by atoms with Gasteiger partial charge in [0, 0.05) is 6.61 Å². The topological polar surface area (TPSA) is 46.5 Å². The van der Waals surface area contributed by atoms with E-state index < -0.39 is 0 Å². The number of halogens is 1. The molecule has 0 rings (SSSR count). The molecule has 9 heavy (non-hydrogen) atoms.